The van der Waals surface area contributed by atoms with Crippen molar-refractivity contribution in [1.29, 1.82) is 0 Å². The molecule has 0 aliphatic rings. The second-order valence-corrected chi connectivity index (χ2v) is 6.19. The Morgan fingerprint density at radius 2 is 1.93 bits per heavy atom. The number of nitrogens with zero attached hydrogens (tertiary/aromatic N) is 4. The van der Waals surface area contributed by atoms with Gasteiger partial charge in [-0.3, -0.25) is 0 Å². The van der Waals surface area contributed by atoms with Crippen LogP contribution < -0.4 is 14.8 Å². The summed E-state index contributed by atoms with van der Waals surface area (Å²) < 4.78 is 16.2. The lowest BCUT2D eigenvalue weighted by molar-refractivity contribution is 0.407. The number of hydrogen-bond acceptors (Lipinski definition) is 8. The molecule has 3 aromatic heterocycles. The predicted molar refractivity (Wildman–Crippen MR) is 107 cm³/mol. The molecule has 29 heavy (non-hydrogen) atoms. The second kappa shape index (κ2) is 8.39. The van der Waals surface area contributed by atoms with Gasteiger partial charge in [0.15, 0.2) is 5.82 Å². The zero-order valence-electron chi connectivity index (χ0n) is 16.0. The van der Waals surface area contributed by atoms with Crippen molar-refractivity contribution in [3.8, 4) is 28.8 Å². The number of ether oxygens (including phenoxy) is 2. The molecule has 8 heteroatoms. The molecule has 0 fully saturated rings. The highest BCUT2D eigenvalue weighted by Crippen LogP contribution is 2.26. The predicted octanol–water partition coefficient (Wildman–Crippen LogP) is 4.25. The van der Waals surface area contributed by atoms with E-state index in [2.05, 4.69) is 25.4 Å². The van der Waals surface area contributed by atoms with E-state index in [-0.39, 0.29) is 0 Å². The Morgan fingerprint density at radius 1 is 1.03 bits per heavy atom. The Balaban J connectivity index is 1.42. The van der Waals surface area contributed by atoms with Crippen LogP contribution in [0, 0.1) is 6.92 Å². The average Bonchev–Trinajstić information content (AvgIpc) is 3.20. The molecule has 0 spiro atoms. The summed E-state index contributed by atoms with van der Waals surface area (Å²) in [5.74, 6) is 3.56. The van der Waals surface area contributed by atoms with Gasteiger partial charge < -0.3 is 19.3 Å². The molecule has 4 rings (SSSR count). The molecule has 1 aromatic carbocycles. The summed E-state index contributed by atoms with van der Waals surface area (Å²) in [4.78, 5) is 13.0. The van der Waals surface area contributed by atoms with Crippen molar-refractivity contribution < 1.29 is 14.0 Å². The first kappa shape index (κ1) is 18.4. The third-order valence-electron chi connectivity index (χ3n) is 4.09. The van der Waals surface area contributed by atoms with Crippen LogP contribution in [0.1, 0.15) is 11.4 Å². The molecule has 0 aliphatic heterocycles. The van der Waals surface area contributed by atoms with Gasteiger partial charge in [0.25, 0.3) is 5.89 Å². The van der Waals surface area contributed by atoms with E-state index in [4.69, 9.17) is 14.0 Å². The highest BCUT2D eigenvalue weighted by molar-refractivity contribution is 5.68. The molecule has 0 atom stereocenters. The first-order chi connectivity index (χ1) is 14.2. The molecule has 0 unspecified atom stereocenters. The number of rotatable bonds is 7. The summed E-state index contributed by atoms with van der Waals surface area (Å²) in [7, 11) is 1.62. The van der Waals surface area contributed by atoms with Crippen LogP contribution in [0.15, 0.2) is 65.4 Å². The Labute approximate surface area is 167 Å². The van der Waals surface area contributed by atoms with E-state index in [9.17, 15) is 0 Å². The van der Waals surface area contributed by atoms with Gasteiger partial charge in [0, 0.05) is 31.1 Å². The van der Waals surface area contributed by atoms with Crippen LogP contribution in [0.2, 0.25) is 0 Å². The number of nitrogens with one attached hydrogen (secondary N) is 1. The first-order valence-corrected chi connectivity index (χ1v) is 8.97. The van der Waals surface area contributed by atoms with Crippen LogP contribution in [0.4, 0.5) is 5.82 Å². The van der Waals surface area contributed by atoms with Crippen LogP contribution in [-0.4, -0.2) is 27.2 Å². The van der Waals surface area contributed by atoms with Gasteiger partial charge >= 0.3 is 0 Å². The third kappa shape index (κ3) is 4.49. The van der Waals surface area contributed by atoms with E-state index in [1.807, 2.05) is 42.5 Å². The molecule has 0 aliphatic carbocycles. The summed E-state index contributed by atoms with van der Waals surface area (Å²) in [6.07, 6.45) is 3.46. The summed E-state index contributed by atoms with van der Waals surface area (Å²) in [6, 6.07) is 14.8. The largest absolute Gasteiger partial charge is 0.497 e. The fraction of sp³-hybridized carbons (Fsp3) is 0.143. The van der Waals surface area contributed by atoms with Crippen molar-refractivity contribution in [3.05, 3.63) is 72.3 Å². The van der Waals surface area contributed by atoms with E-state index in [0.717, 1.165) is 16.9 Å². The zero-order valence-corrected chi connectivity index (χ0v) is 16.0. The first-order valence-electron chi connectivity index (χ1n) is 8.97. The molecule has 0 amide bonds. The number of aryl methyl sites for hydroxylation is 1. The van der Waals surface area contributed by atoms with Crippen molar-refractivity contribution in [1.82, 2.24) is 20.1 Å². The average molecular weight is 389 g/mol. The number of methoxy groups -OCH3 is 1. The van der Waals surface area contributed by atoms with Crippen LogP contribution >= 0.6 is 0 Å². The summed E-state index contributed by atoms with van der Waals surface area (Å²) in [5, 5.41) is 7.12. The molecule has 0 saturated heterocycles. The summed E-state index contributed by atoms with van der Waals surface area (Å²) in [6.45, 7) is 2.31. The number of pyridine rings is 2. The Morgan fingerprint density at radius 3 is 2.69 bits per heavy atom. The van der Waals surface area contributed by atoms with E-state index >= 15 is 0 Å². The minimum atomic E-state index is 0.429. The number of aromatic nitrogens is 4. The maximum atomic E-state index is 5.77. The smallest absolute Gasteiger partial charge is 0.261 e. The molecule has 146 valence electrons. The van der Waals surface area contributed by atoms with E-state index in [1.165, 1.54) is 0 Å². The molecule has 8 nitrogen and oxygen atoms in total. The van der Waals surface area contributed by atoms with Gasteiger partial charge in [-0.2, -0.15) is 4.98 Å². The number of benzene rings is 1. The minimum absolute atomic E-state index is 0.429. The van der Waals surface area contributed by atoms with Gasteiger partial charge in [0.05, 0.1) is 12.7 Å². The van der Waals surface area contributed by atoms with E-state index < -0.39 is 0 Å². The lowest BCUT2D eigenvalue weighted by Crippen LogP contribution is -2.03. The van der Waals surface area contributed by atoms with Gasteiger partial charge in [-0.25, -0.2) is 9.97 Å². The maximum Gasteiger partial charge on any atom is 0.261 e. The van der Waals surface area contributed by atoms with Gasteiger partial charge in [0.2, 0.25) is 5.88 Å². The SMILES string of the molecule is COc1cccc(Oc2ccc(CNc3ncccc3-c3nc(C)no3)cn2)c1. The number of hydrogen-bond donors (Lipinski definition) is 1. The molecular weight excluding hydrogens is 370 g/mol. The summed E-state index contributed by atoms with van der Waals surface area (Å²) >= 11 is 0. The standard InChI is InChI=1S/C21H19N5O3/c1-14-25-21(29-26-14)18-7-4-10-22-20(18)24-13-15-8-9-19(23-12-15)28-17-6-3-5-16(11-17)27-2/h3-12H,13H2,1-2H3,(H,22,24). The highest BCUT2D eigenvalue weighted by atomic mass is 16.5. The number of anilines is 1. The molecule has 0 bridgehead atoms. The lowest BCUT2D eigenvalue weighted by atomic mass is 10.2. The Kier molecular flexibility index (Phi) is 5.33. The molecule has 4 aromatic rings. The lowest BCUT2D eigenvalue weighted by Gasteiger charge is -2.09. The van der Waals surface area contributed by atoms with E-state index in [0.29, 0.717) is 35.7 Å². The van der Waals surface area contributed by atoms with E-state index in [1.54, 1.807) is 32.5 Å². The van der Waals surface area contributed by atoms with Crippen molar-refractivity contribution in [2.45, 2.75) is 13.5 Å². The zero-order chi connectivity index (χ0) is 20.1. The normalized spacial score (nSPS) is 10.6. The maximum absolute atomic E-state index is 5.77. The quantitative estimate of drug-likeness (QED) is 0.501. The molecule has 0 saturated carbocycles. The molecule has 0 radical (unpaired) electrons. The fourth-order valence-corrected chi connectivity index (χ4v) is 2.67. The van der Waals surface area contributed by atoms with Crippen molar-refractivity contribution in [2.75, 3.05) is 12.4 Å². The Bertz CT molecular complexity index is 1100. The molecular formula is C21H19N5O3. The fourth-order valence-electron chi connectivity index (χ4n) is 2.67. The van der Waals surface area contributed by atoms with Gasteiger partial charge in [-0.05, 0) is 36.8 Å². The van der Waals surface area contributed by atoms with Crippen LogP contribution in [0.3, 0.4) is 0 Å². The summed E-state index contributed by atoms with van der Waals surface area (Å²) in [5.41, 5.74) is 1.72. The van der Waals surface area contributed by atoms with Crippen LogP contribution in [-0.2, 0) is 6.54 Å². The van der Waals surface area contributed by atoms with Crippen molar-refractivity contribution in [3.63, 3.8) is 0 Å². The van der Waals surface area contributed by atoms with Gasteiger partial charge in [-0.15, -0.1) is 0 Å². The van der Waals surface area contributed by atoms with Gasteiger partial charge in [-0.1, -0.05) is 17.3 Å². The van der Waals surface area contributed by atoms with Crippen molar-refractivity contribution >= 4 is 5.82 Å². The molecule has 1 N–H and O–H groups in total. The highest BCUT2D eigenvalue weighted by Gasteiger charge is 2.12. The van der Waals surface area contributed by atoms with Crippen LogP contribution in [0.5, 0.6) is 17.4 Å². The second-order valence-electron chi connectivity index (χ2n) is 6.19. The van der Waals surface area contributed by atoms with Crippen LogP contribution in [0.25, 0.3) is 11.5 Å². The monoisotopic (exact) mass is 389 g/mol. The molecule has 3 heterocycles. The Hall–Kier alpha value is -3.94. The third-order valence-corrected chi connectivity index (χ3v) is 4.09. The van der Waals surface area contributed by atoms with Gasteiger partial charge in [0.1, 0.15) is 17.3 Å². The topological polar surface area (TPSA) is 95.2 Å². The minimum Gasteiger partial charge on any atom is -0.497 e. The van der Waals surface area contributed by atoms with Crippen molar-refractivity contribution in [2.24, 2.45) is 0 Å².